The SMILES string of the molecule is COc1ccc(N(C(=O)c2snc(C(N)=O)c2N)C(C(=O)NCc2ccccc2)c2cccs2)cc1. The van der Waals surface area contributed by atoms with Crippen molar-refractivity contribution in [1.82, 2.24) is 9.69 Å². The molecule has 4 aromatic rings. The van der Waals surface area contributed by atoms with Crippen LogP contribution >= 0.6 is 22.9 Å². The first-order valence-corrected chi connectivity index (χ1v) is 12.4. The minimum Gasteiger partial charge on any atom is -0.497 e. The van der Waals surface area contributed by atoms with E-state index in [0.717, 1.165) is 17.1 Å². The van der Waals surface area contributed by atoms with Gasteiger partial charge in [0.2, 0.25) is 5.91 Å². The predicted octanol–water partition coefficient (Wildman–Crippen LogP) is 3.60. The topological polar surface area (TPSA) is 141 Å². The van der Waals surface area contributed by atoms with E-state index >= 15 is 0 Å². The summed E-state index contributed by atoms with van der Waals surface area (Å²) in [4.78, 5) is 41.3. The van der Waals surface area contributed by atoms with Crippen LogP contribution in [0.15, 0.2) is 72.1 Å². The third kappa shape index (κ3) is 5.21. The molecule has 0 bridgehead atoms. The summed E-state index contributed by atoms with van der Waals surface area (Å²) in [5.74, 6) is -1.23. The van der Waals surface area contributed by atoms with Crippen LogP contribution in [0, 0.1) is 0 Å². The molecule has 0 aliphatic rings. The largest absolute Gasteiger partial charge is 0.497 e. The van der Waals surface area contributed by atoms with Gasteiger partial charge in [-0.1, -0.05) is 36.4 Å². The van der Waals surface area contributed by atoms with Crippen molar-refractivity contribution < 1.29 is 19.1 Å². The van der Waals surface area contributed by atoms with E-state index in [9.17, 15) is 14.4 Å². The highest BCUT2D eigenvalue weighted by Gasteiger charge is 2.36. The maximum Gasteiger partial charge on any atom is 0.273 e. The number of carbonyl (C=O) groups excluding carboxylic acids is 3. The number of amides is 3. The molecule has 0 spiro atoms. The van der Waals surface area contributed by atoms with E-state index in [0.29, 0.717) is 16.3 Å². The van der Waals surface area contributed by atoms with E-state index in [-0.39, 0.29) is 28.7 Å². The van der Waals surface area contributed by atoms with Gasteiger partial charge < -0.3 is 21.5 Å². The van der Waals surface area contributed by atoms with Crippen LogP contribution in [0.4, 0.5) is 11.4 Å². The third-order valence-electron chi connectivity index (χ3n) is 5.35. The second-order valence-corrected chi connectivity index (χ2v) is 9.39. The highest BCUT2D eigenvalue weighted by Crippen LogP contribution is 2.35. The summed E-state index contributed by atoms with van der Waals surface area (Å²) in [6.07, 6.45) is 0. The van der Waals surface area contributed by atoms with Gasteiger partial charge in [-0.15, -0.1) is 11.3 Å². The molecule has 0 radical (unpaired) electrons. The zero-order valence-corrected chi connectivity index (χ0v) is 20.8. The number of carbonyl (C=O) groups is 3. The number of hydrogen-bond donors (Lipinski definition) is 3. The fourth-order valence-corrected chi connectivity index (χ4v) is 5.12. The molecule has 0 aliphatic heterocycles. The van der Waals surface area contributed by atoms with Gasteiger partial charge in [0.15, 0.2) is 11.7 Å². The second-order valence-electron chi connectivity index (χ2n) is 7.63. The number of nitrogens with two attached hydrogens (primary N) is 2. The molecule has 2 heterocycles. The number of nitrogens with zero attached hydrogens (tertiary/aromatic N) is 2. The normalized spacial score (nSPS) is 11.5. The first-order chi connectivity index (χ1) is 17.4. The Bertz CT molecular complexity index is 1360. The summed E-state index contributed by atoms with van der Waals surface area (Å²) in [7, 11) is 1.53. The Kier molecular flexibility index (Phi) is 7.62. The molecular formula is C25H23N5O4S2. The number of benzene rings is 2. The molecule has 1 atom stereocenters. The summed E-state index contributed by atoms with van der Waals surface area (Å²) in [5.41, 5.74) is 12.5. The van der Waals surface area contributed by atoms with Crippen molar-refractivity contribution in [3.05, 3.63) is 93.1 Å². The lowest BCUT2D eigenvalue weighted by molar-refractivity contribution is -0.122. The monoisotopic (exact) mass is 521 g/mol. The number of methoxy groups -OCH3 is 1. The van der Waals surface area contributed by atoms with Crippen LogP contribution in [0.2, 0.25) is 0 Å². The fraction of sp³-hybridized carbons (Fsp3) is 0.120. The Balaban J connectivity index is 1.78. The summed E-state index contributed by atoms with van der Waals surface area (Å²) >= 11 is 2.10. The molecule has 9 nitrogen and oxygen atoms in total. The van der Waals surface area contributed by atoms with Gasteiger partial charge in [-0.05, 0) is 52.8 Å². The highest BCUT2D eigenvalue weighted by molar-refractivity contribution is 7.10. The molecule has 0 aliphatic carbocycles. The number of primary amides is 1. The molecule has 36 heavy (non-hydrogen) atoms. The molecule has 0 saturated heterocycles. The Hall–Kier alpha value is -4.22. The van der Waals surface area contributed by atoms with Crippen molar-refractivity contribution in [3.8, 4) is 5.75 Å². The Morgan fingerprint density at radius 1 is 1.06 bits per heavy atom. The van der Waals surface area contributed by atoms with Gasteiger partial charge >= 0.3 is 0 Å². The van der Waals surface area contributed by atoms with Gasteiger partial charge in [-0.25, -0.2) is 0 Å². The zero-order chi connectivity index (χ0) is 25.7. The molecule has 2 aromatic heterocycles. The standard InChI is InChI=1S/C25H23N5O4S2/c1-34-17-11-9-16(10-12-17)30(25(33)22-19(26)20(23(27)31)29-36-22)21(18-8-5-13-35-18)24(32)28-14-15-6-3-2-4-7-15/h2-13,21H,14,26H2,1H3,(H2,27,31)(H,28,32). The van der Waals surface area contributed by atoms with Gasteiger partial charge in [-0.3, -0.25) is 19.3 Å². The minimum absolute atomic E-state index is 0.0111. The van der Waals surface area contributed by atoms with E-state index in [4.69, 9.17) is 16.2 Å². The van der Waals surface area contributed by atoms with E-state index in [1.54, 1.807) is 36.4 Å². The number of thiophene rings is 1. The first kappa shape index (κ1) is 24.9. The van der Waals surface area contributed by atoms with Crippen molar-refractivity contribution in [2.24, 2.45) is 5.73 Å². The summed E-state index contributed by atoms with van der Waals surface area (Å²) < 4.78 is 9.21. The molecule has 184 valence electrons. The molecule has 5 N–H and O–H groups in total. The van der Waals surface area contributed by atoms with Crippen LogP contribution in [-0.2, 0) is 11.3 Å². The fourth-order valence-electron chi connectivity index (χ4n) is 3.57. The second kappa shape index (κ2) is 11.0. The van der Waals surface area contributed by atoms with Gasteiger partial charge in [0.05, 0.1) is 12.8 Å². The van der Waals surface area contributed by atoms with E-state index < -0.39 is 17.9 Å². The zero-order valence-electron chi connectivity index (χ0n) is 19.2. The van der Waals surface area contributed by atoms with Crippen LogP contribution in [0.25, 0.3) is 0 Å². The number of anilines is 2. The van der Waals surface area contributed by atoms with Gasteiger partial charge in [-0.2, -0.15) is 4.37 Å². The smallest absolute Gasteiger partial charge is 0.273 e. The number of nitrogen functional groups attached to an aromatic ring is 1. The number of nitrogens with one attached hydrogen (secondary N) is 1. The average molecular weight is 522 g/mol. The van der Waals surface area contributed by atoms with E-state index in [1.165, 1.54) is 23.3 Å². The molecule has 1 unspecified atom stereocenters. The molecule has 11 heteroatoms. The van der Waals surface area contributed by atoms with Crippen LogP contribution in [0.1, 0.15) is 36.6 Å². The molecule has 3 amide bonds. The van der Waals surface area contributed by atoms with Crippen LogP contribution < -0.4 is 26.4 Å². The lowest BCUT2D eigenvalue weighted by Gasteiger charge is -2.30. The molecule has 0 saturated carbocycles. The lowest BCUT2D eigenvalue weighted by atomic mass is 10.1. The predicted molar refractivity (Wildman–Crippen MR) is 140 cm³/mol. The van der Waals surface area contributed by atoms with E-state index in [1.807, 2.05) is 35.7 Å². The third-order valence-corrected chi connectivity index (χ3v) is 7.13. The number of aromatic nitrogens is 1. The molecule has 2 aromatic carbocycles. The summed E-state index contributed by atoms with van der Waals surface area (Å²) in [6, 6.07) is 18.8. The quantitative estimate of drug-likeness (QED) is 0.307. The Labute approximate surface area is 215 Å². The maximum absolute atomic E-state index is 13.9. The number of ether oxygens (including phenoxy) is 1. The summed E-state index contributed by atoms with van der Waals surface area (Å²) in [6.45, 7) is 0.278. The molecule has 0 fully saturated rings. The van der Waals surface area contributed by atoms with Gasteiger partial charge in [0, 0.05) is 17.1 Å². The number of rotatable bonds is 9. The van der Waals surface area contributed by atoms with Crippen molar-refractivity contribution >= 4 is 52.0 Å². The average Bonchev–Trinajstić information content (AvgIpc) is 3.56. The molecule has 4 rings (SSSR count). The molecular weight excluding hydrogens is 498 g/mol. The first-order valence-electron chi connectivity index (χ1n) is 10.8. The van der Waals surface area contributed by atoms with Crippen molar-refractivity contribution in [3.63, 3.8) is 0 Å². The summed E-state index contributed by atoms with van der Waals surface area (Å²) in [5, 5.41) is 4.77. The van der Waals surface area contributed by atoms with Crippen molar-refractivity contribution in [2.75, 3.05) is 17.7 Å². The highest BCUT2D eigenvalue weighted by atomic mass is 32.1. The van der Waals surface area contributed by atoms with Crippen LogP contribution in [-0.4, -0.2) is 29.2 Å². The van der Waals surface area contributed by atoms with Gasteiger partial charge in [0.1, 0.15) is 10.6 Å². The Morgan fingerprint density at radius 3 is 2.36 bits per heavy atom. The van der Waals surface area contributed by atoms with Crippen molar-refractivity contribution in [1.29, 1.82) is 0 Å². The lowest BCUT2D eigenvalue weighted by Crippen LogP contribution is -2.43. The van der Waals surface area contributed by atoms with Crippen LogP contribution in [0.5, 0.6) is 5.75 Å². The van der Waals surface area contributed by atoms with Crippen LogP contribution in [0.3, 0.4) is 0 Å². The van der Waals surface area contributed by atoms with E-state index in [2.05, 4.69) is 9.69 Å². The minimum atomic E-state index is -1.02. The maximum atomic E-state index is 13.9. The van der Waals surface area contributed by atoms with Crippen molar-refractivity contribution in [2.45, 2.75) is 12.6 Å². The number of hydrogen-bond acceptors (Lipinski definition) is 8. The Morgan fingerprint density at radius 2 is 1.78 bits per heavy atom. The van der Waals surface area contributed by atoms with Gasteiger partial charge in [0.25, 0.3) is 11.8 Å².